The summed E-state index contributed by atoms with van der Waals surface area (Å²) in [7, 11) is 1.35. The fourth-order valence-corrected chi connectivity index (χ4v) is 2.36. The second-order valence-corrected chi connectivity index (χ2v) is 5.52. The van der Waals surface area contributed by atoms with E-state index in [1.807, 2.05) is 37.3 Å². The summed E-state index contributed by atoms with van der Waals surface area (Å²) in [5.41, 5.74) is 5.08. The van der Waals surface area contributed by atoms with E-state index in [4.69, 9.17) is 4.74 Å². The minimum Gasteiger partial charge on any atom is -0.489 e. The van der Waals surface area contributed by atoms with Crippen molar-refractivity contribution in [1.29, 1.82) is 0 Å². The summed E-state index contributed by atoms with van der Waals surface area (Å²) in [5, 5.41) is 2.75. The zero-order valence-corrected chi connectivity index (χ0v) is 14.1. The molecule has 0 aliphatic heterocycles. The lowest BCUT2D eigenvalue weighted by Gasteiger charge is -2.14. The topological polar surface area (TPSA) is 47.6 Å². The van der Waals surface area contributed by atoms with Crippen molar-refractivity contribution in [2.45, 2.75) is 33.8 Å². The van der Waals surface area contributed by atoms with Crippen LogP contribution < -0.4 is 10.1 Å². The third-order valence-electron chi connectivity index (χ3n) is 3.72. The summed E-state index contributed by atoms with van der Waals surface area (Å²) in [6, 6.07) is 12.1. The van der Waals surface area contributed by atoms with Gasteiger partial charge in [-0.25, -0.2) is 4.79 Å². The molecule has 0 fully saturated rings. The summed E-state index contributed by atoms with van der Waals surface area (Å²) in [5.74, 6) is 0.846. The van der Waals surface area contributed by atoms with Crippen molar-refractivity contribution in [2.75, 3.05) is 12.4 Å². The Morgan fingerprint density at radius 2 is 1.91 bits per heavy atom. The molecule has 0 aliphatic rings. The second kappa shape index (κ2) is 7.68. The molecule has 0 atom stereocenters. The van der Waals surface area contributed by atoms with Crippen molar-refractivity contribution in [1.82, 2.24) is 0 Å². The summed E-state index contributed by atoms with van der Waals surface area (Å²) in [4.78, 5) is 11.5. The molecule has 0 aliphatic carbocycles. The standard InChI is InChI=1S/C19H23NO3/c1-5-15-7-8-16(17(11-15)20-19(21)22-4)12-23-18-9-6-13(2)10-14(18)3/h6-11H,5,12H2,1-4H3,(H,20,21). The highest BCUT2D eigenvalue weighted by Crippen LogP contribution is 2.24. The lowest BCUT2D eigenvalue weighted by Crippen LogP contribution is -2.13. The Kier molecular flexibility index (Phi) is 5.63. The van der Waals surface area contributed by atoms with Gasteiger partial charge in [-0.1, -0.05) is 36.8 Å². The van der Waals surface area contributed by atoms with E-state index in [-0.39, 0.29) is 0 Å². The maximum Gasteiger partial charge on any atom is 0.411 e. The van der Waals surface area contributed by atoms with Gasteiger partial charge >= 0.3 is 6.09 Å². The maximum atomic E-state index is 11.5. The minimum atomic E-state index is -0.481. The van der Waals surface area contributed by atoms with Gasteiger partial charge in [-0.05, 0) is 43.5 Å². The van der Waals surface area contributed by atoms with Crippen molar-refractivity contribution < 1.29 is 14.3 Å². The van der Waals surface area contributed by atoms with Crippen LogP contribution >= 0.6 is 0 Å². The van der Waals surface area contributed by atoms with Crippen LogP contribution in [0.15, 0.2) is 36.4 Å². The number of anilines is 1. The van der Waals surface area contributed by atoms with Gasteiger partial charge in [0, 0.05) is 5.56 Å². The lowest BCUT2D eigenvalue weighted by atomic mass is 10.1. The Bertz CT molecular complexity index is 695. The number of carbonyl (C=O) groups excluding carboxylic acids is 1. The second-order valence-electron chi connectivity index (χ2n) is 5.52. The van der Waals surface area contributed by atoms with E-state index in [0.29, 0.717) is 6.61 Å². The number of methoxy groups -OCH3 is 1. The van der Waals surface area contributed by atoms with Crippen LogP contribution in [0.25, 0.3) is 0 Å². The Morgan fingerprint density at radius 3 is 2.57 bits per heavy atom. The predicted molar refractivity (Wildman–Crippen MR) is 92.1 cm³/mol. The molecule has 2 rings (SSSR count). The van der Waals surface area contributed by atoms with E-state index in [2.05, 4.69) is 30.0 Å². The van der Waals surface area contributed by atoms with Gasteiger partial charge in [-0.15, -0.1) is 0 Å². The van der Waals surface area contributed by atoms with E-state index in [9.17, 15) is 4.79 Å². The first-order valence-corrected chi connectivity index (χ1v) is 7.70. The first-order chi connectivity index (χ1) is 11.0. The minimum absolute atomic E-state index is 0.382. The van der Waals surface area contributed by atoms with Gasteiger partial charge in [-0.3, -0.25) is 5.32 Å². The number of benzene rings is 2. The summed E-state index contributed by atoms with van der Waals surface area (Å²) < 4.78 is 10.6. The first-order valence-electron chi connectivity index (χ1n) is 7.70. The molecular formula is C19H23NO3. The average Bonchev–Trinajstić information content (AvgIpc) is 2.54. The number of carbonyl (C=O) groups is 1. The highest BCUT2D eigenvalue weighted by Gasteiger charge is 2.09. The van der Waals surface area contributed by atoms with Crippen LogP contribution in [0.1, 0.15) is 29.2 Å². The lowest BCUT2D eigenvalue weighted by molar-refractivity contribution is 0.187. The number of nitrogens with one attached hydrogen (secondary N) is 1. The van der Waals surface area contributed by atoms with Crippen LogP contribution in [0.5, 0.6) is 5.75 Å². The zero-order valence-electron chi connectivity index (χ0n) is 14.1. The summed E-state index contributed by atoms with van der Waals surface area (Å²) in [6.07, 6.45) is 0.416. The molecule has 0 saturated carbocycles. The molecule has 1 amide bonds. The number of amides is 1. The van der Waals surface area contributed by atoms with Gasteiger partial charge in [0.05, 0.1) is 12.8 Å². The van der Waals surface area contributed by atoms with E-state index >= 15 is 0 Å². The molecule has 0 unspecified atom stereocenters. The largest absolute Gasteiger partial charge is 0.489 e. The smallest absolute Gasteiger partial charge is 0.411 e. The van der Waals surface area contributed by atoms with Crippen LogP contribution in [0.4, 0.5) is 10.5 Å². The average molecular weight is 313 g/mol. The quantitative estimate of drug-likeness (QED) is 0.876. The third-order valence-corrected chi connectivity index (χ3v) is 3.72. The molecule has 0 bridgehead atoms. The van der Waals surface area contributed by atoms with Crippen LogP contribution in [0.2, 0.25) is 0 Å². The molecule has 0 aromatic heterocycles. The van der Waals surface area contributed by atoms with Crippen molar-refractivity contribution in [2.24, 2.45) is 0 Å². The van der Waals surface area contributed by atoms with Crippen LogP contribution in [-0.2, 0) is 17.8 Å². The molecule has 1 N–H and O–H groups in total. The van der Waals surface area contributed by atoms with E-state index < -0.39 is 6.09 Å². The molecular weight excluding hydrogens is 290 g/mol. The Balaban J connectivity index is 2.19. The fourth-order valence-electron chi connectivity index (χ4n) is 2.36. The maximum absolute atomic E-state index is 11.5. The molecule has 0 radical (unpaired) electrons. The fraction of sp³-hybridized carbons (Fsp3) is 0.316. The van der Waals surface area contributed by atoms with Crippen molar-refractivity contribution in [3.63, 3.8) is 0 Å². The molecule has 23 heavy (non-hydrogen) atoms. The van der Waals surface area contributed by atoms with Crippen molar-refractivity contribution in [3.05, 3.63) is 58.7 Å². The predicted octanol–water partition coefficient (Wildman–Crippen LogP) is 4.62. The van der Waals surface area contributed by atoms with Gasteiger partial charge in [-0.2, -0.15) is 0 Å². The number of ether oxygens (including phenoxy) is 2. The first kappa shape index (κ1) is 16.9. The molecule has 0 saturated heterocycles. The summed E-state index contributed by atoms with van der Waals surface area (Å²) >= 11 is 0. The molecule has 4 nitrogen and oxygen atoms in total. The molecule has 0 spiro atoms. The highest BCUT2D eigenvalue weighted by molar-refractivity contribution is 5.85. The third kappa shape index (κ3) is 4.49. The molecule has 2 aromatic carbocycles. The Hall–Kier alpha value is -2.49. The summed E-state index contributed by atoms with van der Waals surface area (Å²) in [6.45, 7) is 6.53. The van der Waals surface area contributed by atoms with Crippen molar-refractivity contribution in [3.8, 4) is 5.75 Å². The van der Waals surface area contributed by atoms with Gasteiger partial charge in [0.1, 0.15) is 12.4 Å². The van der Waals surface area contributed by atoms with E-state index in [1.165, 1.54) is 12.7 Å². The van der Waals surface area contributed by atoms with Gasteiger partial charge in [0.25, 0.3) is 0 Å². The van der Waals surface area contributed by atoms with E-state index in [1.54, 1.807) is 0 Å². The molecule has 2 aromatic rings. The number of hydrogen-bond acceptors (Lipinski definition) is 3. The molecule has 0 heterocycles. The Morgan fingerprint density at radius 1 is 1.13 bits per heavy atom. The normalized spacial score (nSPS) is 10.3. The van der Waals surface area contributed by atoms with Crippen LogP contribution in [0.3, 0.4) is 0 Å². The number of aryl methyl sites for hydroxylation is 3. The zero-order chi connectivity index (χ0) is 16.8. The van der Waals surface area contributed by atoms with Gasteiger partial charge in [0.2, 0.25) is 0 Å². The highest BCUT2D eigenvalue weighted by atomic mass is 16.5. The van der Waals surface area contributed by atoms with Crippen LogP contribution in [-0.4, -0.2) is 13.2 Å². The van der Waals surface area contributed by atoms with Crippen LogP contribution in [0, 0.1) is 13.8 Å². The van der Waals surface area contributed by atoms with Crippen molar-refractivity contribution >= 4 is 11.8 Å². The number of rotatable bonds is 5. The van der Waals surface area contributed by atoms with E-state index in [0.717, 1.165) is 34.5 Å². The SMILES string of the molecule is CCc1ccc(COc2ccc(C)cc2C)c(NC(=O)OC)c1. The number of hydrogen-bond donors (Lipinski definition) is 1. The molecule has 4 heteroatoms. The van der Waals surface area contributed by atoms with Gasteiger partial charge < -0.3 is 9.47 Å². The molecule has 122 valence electrons. The van der Waals surface area contributed by atoms with Gasteiger partial charge in [0.15, 0.2) is 0 Å². The Labute approximate surface area is 137 Å². The monoisotopic (exact) mass is 313 g/mol.